The second-order valence-electron chi connectivity index (χ2n) is 10.6. The van der Waals surface area contributed by atoms with Crippen LogP contribution in [0.5, 0.6) is 0 Å². The van der Waals surface area contributed by atoms with E-state index in [4.69, 9.17) is 4.74 Å². The van der Waals surface area contributed by atoms with E-state index < -0.39 is 0 Å². The Bertz CT molecular complexity index is 602. The van der Waals surface area contributed by atoms with Gasteiger partial charge in [0.05, 0.1) is 17.5 Å². The van der Waals surface area contributed by atoms with Gasteiger partial charge >= 0.3 is 0 Å². The van der Waals surface area contributed by atoms with Gasteiger partial charge in [0.2, 0.25) is 0 Å². The second kappa shape index (κ2) is 12.1. The Morgan fingerprint density at radius 2 is 2.00 bits per heavy atom. The molecule has 0 radical (unpaired) electrons. The van der Waals surface area contributed by atoms with E-state index in [0.717, 1.165) is 25.2 Å². The minimum atomic E-state index is 0.0842. The normalized spacial score (nSPS) is 30.5. The summed E-state index contributed by atoms with van der Waals surface area (Å²) in [4.78, 5) is 0. The lowest BCUT2D eigenvalue weighted by molar-refractivity contribution is -0.125. The third kappa shape index (κ3) is 7.91. The summed E-state index contributed by atoms with van der Waals surface area (Å²) in [5.74, 6) is 1.95. The monoisotopic (exact) mass is 416 g/mol. The molecule has 1 aliphatic heterocycles. The molecule has 1 fully saturated rings. The minimum Gasteiger partial charge on any atom is -0.513 e. The van der Waals surface area contributed by atoms with Crippen LogP contribution in [-0.2, 0) is 4.74 Å². The molecule has 30 heavy (non-hydrogen) atoms. The van der Waals surface area contributed by atoms with Gasteiger partial charge in [0.15, 0.2) is 0 Å². The number of ether oxygens (including phenoxy) is 1. The highest BCUT2D eigenvalue weighted by Crippen LogP contribution is 2.43. The van der Waals surface area contributed by atoms with Crippen LogP contribution in [0.25, 0.3) is 0 Å². The van der Waals surface area contributed by atoms with Crippen LogP contribution in [0.15, 0.2) is 35.6 Å². The third-order valence-electron chi connectivity index (χ3n) is 7.78. The number of hydrogen-bond acceptors (Lipinski definition) is 2. The maximum absolute atomic E-state index is 9.38. The van der Waals surface area contributed by atoms with E-state index in [1.165, 1.54) is 63.4 Å². The quantitative estimate of drug-likeness (QED) is 0.196. The van der Waals surface area contributed by atoms with Crippen LogP contribution in [0, 0.1) is 17.8 Å². The van der Waals surface area contributed by atoms with Gasteiger partial charge in [0.1, 0.15) is 0 Å². The van der Waals surface area contributed by atoms with Crippen molar-refractivity contribution in [2.45, 2.75) is 123 Å². The molecule has 5 atom stereocenters. The lowest BCUT2D eigenvalue weighted by atomic mass is 9.74. The average molecular weight is 417 g/mol. The number of fused-ring (bicyclic) bond motifs is 1. The summed E-state index contributed by atoms with van der Waals surface area (Å²) in [6, 6.07) is 0. The van der Waals surface area contributed by atoms with Gasteiger partial charge < -0.3 is 9.84 Å². The number of rotatable bonds is 12. The van der Waals surface area contributed by atoms with E-state index in [9.17, 15) is 5.11 Å². The Labute approximate surface area is 186 Å². The standard InChI is InChI=1S/C28H48O2/c1-21(14-12-15-23(3)25(5)29)13-10-8-7-9-11-19-28(6)20-18-26-17-16-22(2)24(4)27(26)30-28/h13,17,22-24,27,29H,5,7-12,14-16,18-20H2,1-4,6H3/b21-13+. The number of aliphatic hydroxyl groups is 1. The fourth-order valence-corrected chi connectivity index (χ4v) is 4.99. The summed E-state index contributed by atoms with van der Waals surface area (Å²) < 4.78 is 6.69. The largest absolute Gasteiger partial charge is 0.513 e. The van der Waals surface area contributed by atoms with Crippen molar-refractivity contribution < 1.29 is 9.84 Å². The molecule has 2 aliphatic rings. The van der Waals surface area contributed by atoms with E-state index in [2.05, 4.69) is 46.4 Å². The highest BCUT2D eigenvalue weighted by atomic mass is 16.5. The molecule has 172 valence electrons. The van der Waals surface area contributed by atoms with Crippen molar-refractivity contribution in [1.82, 2.24) is 0 Å². The molecule has 0 amide bonds. The first-order chi connectivity index (χ1) is 14.2. The van der Waals surface area contributed by atoms with Gasteiger partial charge in [-0.05, 0) is 89.0 Å². The van der Waals surface area contributed by atoms with Gasteiger partial charge in [0, 0.05) is 5.92 Å². The van der Waals surface area contributed by atoms with Crippen LogP contribution < -0.4 is 0 Å². The first-order valence-corrected chi connectivity index (χ1v) is 12.6. The van der Waals surface area contributed by atoms with E-state index >= 15 is 0 Å². The molecule has 0 spiro atoms. The van der Waals surface area contributed by atoms with Crippen LogP contribution >= 0.6 is 0 Å². The number of unbranched alkanes of at least 4 members (excludes halogenated alkanes) is 4. The van der Waals surface area contributed by atoms with Crippen molar-refractivity contribution in [2.75, 3.05) is 0 Å². The molecular weight excluding hydrogens is 368 g/mol. The molecule has 1 saturated heterocycles. The van der Waals surface area contributed by atoms with Gasteiger partial charge in [-0.1, -0.05) is 64.3 Å². The van der Waals surface area contributed by atoms with Crippen molar-refractivity contribution in [3.8, 4) is 0 Å². The SMILES string of the molecule is C=C(O)C(C)CCC/C(C)=C/CCCCCCC1(C)CCC2=CCC(C)C(C)C2O1. The molecular formula is C28H48O2. The zero-order valence-electron chi connectivity index (χ0n) is 20.5. The summed E-state index contributed by atoms with van der Waals surface area (Å²) in [5, 5.41) is 9.38. The molecule has 0 bridgehead atoms. The molecule has 2 rings (SSSR count). The highest BCUT2D eigenvalue weighted by molar-refractivity contribution is 5.18. The van der Waals surface area contributed by atoms with Crippen molar-refractivity contribution in [3.63, 3.8) is 0 Å². The number of allylic oxidation sites excluding steroid dienone is 4. The Morgan fingerprint density at radius 1 is 1.27 bits per heavy atom. The molecule has 5 unspecified atom stereocenters. The van der Waals surface area contributed by atoms with E-state index in [0.29, 0.717) is 17.8 Å². The number of aliphatic hydroxyl groups excluding tert-OH is 1. The van der Waals surface area contributed by atoms with Gasteiger partial charge in [0.25, 0.3) is 0 Å². The molecule has 1 N–H and O–H groups in total. The predicted octanol–water partition coefficient (Wildman–Crippen LogP) is 8.69. The van der Waals surface area contributed by atoms with Crippen molar-refractivity contribution >= 4 is 0 Å². The Kier molecular flexibility index (Phi) is 10.2. The van der Waals surface area contributed by atoms with E-state index in [1.54, 1.807) is 5.57 Å². The Hall–Kier alpha value is -1.02. The molecule has 0 aromatic heterocycles. The van der Waals surface area contributed by atoms with Crippen molar-refractivity contribution in [1.29, 1.82) is 0 Å². The van der Waals surface area contributed by atoms with E-state index in [1.807, 2.05) is 6.92 Å². The predicted molar refractivity (Wildman–Crippen MR) is 130 cm³/mol. The average Bonchev–Trinajstić information content (AvgIpc) is 2.70. The molecule has 0 aromatic carbocycles. The topological polar surface area (TPSA) is 29.5 Å². The summed E-state index contributed by atoms with van der Waals surface area (Å²) in [7, 11) is 0. The zero-order chi connectivity index (χ0) is 22.1. The number of hydrogen-bond donors (Lipinski definition) is 1. The van der Waals surface area contributed by atoms with Gasteiger partial charge in [-0.25, -0.2) is 0 Å². The van der Waals surface area contributed by atoms with Crippen LogP contribution in [0.4, 0.5) is 0 Å². The van der Waals surface area contributed by atoms with Gasteiger partial charge in [-0.2, -0.15) is 0 Å². The van der Waals surface area contributed by atoms with E-state index in [-0.39, 0.29) is 11.5 Å². The Morgan fingerprint density at radius 3 is 2.73 bits per heavy atom. The van der Waals surface area contributed by atoms with Crippen LogP contribution in [-0.4, -0.2) is 16.8 Å². The fourth-order valence-electron chi connectivity index (χ4n) is 4.99. The molecule has 2 heteroatoms. The van der Waals surface area contributed by atoms with Crippen molar-refractivity contribution in [3.05, 3.63) is 35.6 Å². The van der Waals surface area contributed by atoms with Crippen LogP contribution in [0.3, 0.4) is 0 Å². The first kappa shape index (κ1) is 25.2. The summed E-state index contributed by atoms with van der Waals surface area (Å²) in [5.41, 5.74) is 3.16. The van der Waals surface area contributed by atoms with Gasteiger partial charge in [-0.15, -0.1) is 0 Å². The van der Waals surface area contributed by atoms with Crippen LogP contribution in [0.2, 0.25) is 0 Å². The minimum absolute atomic E-state index is 0.0842. The smallest absolute Gasteiger partial charge is 0.0879 e. The van der Waals surface area contributed by atoms with Crippen LogP contribution in [0.1, 0.15) is 112 Å². The molecule has 1 heterocycles. The zero-order valence-corrected chi connectivity index (χ0v) is 20.5. The maximum Gasteiger partial charge on any atom is 0.0879 e. The second-order valence-corrected chi connectivity index (χ2v) is 10.6. The first-order valence-electron chi connectivity index (χ1n) is 12.6. The summed E-state index contributed by atoms with van der Waals surface area (Å²) in [6.45, 7) is 15.0. The lowest BCUT2D eigenvalue weighted by Gasteiger charge is -2.46. The molecule has 0 saturated carbocycles. The highest BCUT2D eigenvalue weighted by Gasteiger charge is 2.40. The Balaban J connectivity index is 1.57. The summed E-state index contributed by atoms with van der Waals surface area (Å²) >= 11 is 0. The fraction of sp³-hybridized carbons (Fsp3) is 0.786. The molecule has 1 aliphatic carbocycles. The van der Waals surface area contributed by atoms with Gasteiger partial charge in [-0.3, -0.25) is 0 Å². The maximum atomic E-state index is 9.38. The molecule has 2 nitrogen and oxygen atoms in total. The van der Waals surface area contributed by atoms with Crippen molar-refractivity contribution in [2.24, 2.45) is 17.8 Å². The molecule has 0 aromatic rings. The lowest BCUT2D eigenvalue weighted by Crippen LogP contribution is -2.44. The third-order valence-corrected chi connectivity index (χ3v) is 7.78. The summed E-state index contributed by atoms with van der Waals surface area (Å²) in [6.07, 6.45) is 19.9.